The van der Waals surface area contributed by atoms with E-state index < -0.39 is 11.6 Å². The van der Waals surface area contributed by atoms with E-state index in [-0.39, 0.29) is 0 Å². The van der Waals surface area contributed by atoms with Gasteiger partial charge in [-0.2, -0.15) is 5.10 Å². The predicted octanol–water partition coefficient (Wildman–Crippen LogP) is 1.15. The van der Waals surface area contributed by atoms with Crippen LogP contribution in [0.25, 0.3) is 5.65 Å². The van der Waals surface area contributed by atoms with Gasteiger partial charge in [-0.3, -0.25) is 0 Å². The molecule has 0 spiro atoms. The lowest BCUT2D eigenvalue weighted by Crippen LogP contribution is -2.38. The summed E-state index contributed by atoms with van der Waals surface area (Å²) in [6, 6.07) is 2.10. The van der Waals surface area contributed by atoms with Crippen molar-refractivity contribution in [2.45, 2.75) is 25.0 Å². The Balaban J connectivity index is 1.88. The quantitative estimate of drug-likeness (QED) is 0.674. The van der Waals surface area contributed by atoms with Crippen LogP contribution in [-0.2, 0) is 15.1 Å². The molecule has 0 saturated carbocycles. The molecule has 1 N–H and O–H groups in total. The standard InChI is InChI=1S/C14H15ClN4O3/c1-2-21-13(20)9-5-17-19-10(3-11(15)18-12(9)19)14-4-8(6-22-14)16-7-14/h3,5,8,16H,2,4,6-7H2,1H3/t8-,14-/m1/s1. The Bertz CT molecular complexity index is 752. The Hall–Kier alpha value is -1.70. The van der Waals surface area contributed by atoms with Crippen LogP contribution in [-0.4, -0.2) is 46.4 Å². The number of ether oxygens (including phenoxy) is 2. The second-order valence-electron chi connectivity index (χ2n) is 5.57. The molecule has 2 saturated heterocycles. The van der Waals surface area contributed by atoms with Crippen molar-refractivity contribution in [3.63, 3.8) is 0 Å². The van der Waals surface area contributed by atoms with Crippen LogP contribution in [0.15, 0.2) is 12.3 Å². The molecule has 7 nitrogen and oxygen atoms in total. The molecule has 0 amide bonds. The summed E-state index contributed by atoms with van der Waals surface area (Å²) in [7, 11) is 0. The molecular formula is C14H15ClN4O3. The van der Waals surface area contributed by atoms with Crippen LogP contribution in [0, 0.1) is 0 Å². The number of nitrogens with one attached hydrogen (secondary N) is 1. The van der Waals surface area contributed by atoms with Crippen molar-refractivity contribution in [1.82, 2.24) is 19.9 Å². The molecule has 0 unspecified atom stereocenters. The highest BCUT2D eigenvalue weighted by molar-refractivity contribution is 6.29. The van der Waals surface area contributed by atoms with Gasteiger partial charge >= 0.3 is 5.97 Å². The number of rotatable bonds is 3. The van der Waals surface area contributed by atoms with E-state index in [1.165, 1.54) is 6.20 Å². The molecule has 4 heterocycles. The van der Waals surface area contributed by atoms with E-state index in [2.05, 4.69) is 15.4 Å². The first-order valence-corrected chi connectivity index (χ1v) is 7.60. The maximum absolute atomic E-state index is 12.0. The van der Waals surface area contributed by atoms with Gasteiger partial charge in [0.25, 0.3) is 0 Å². The molecule has 2 aromatic heterocycles. The number of carbonyl (C=O) groups is 1. The molecule has 0 aliphatic carbocycles. The number of hydrogen-bond acceptors (Lipinski definition) is 6. The Morgan fingerprint density at radius 2 is 2.55 bits per heavy atom. The highest BCUT2D eigenvalue weighted by atomic mass is 35.5. The Labute approximate surface area is 131 Å². The van der Waals surface area contributed by atoms with Crippen molar-refractivity contribution in [1.29, 1.82) is 0 Å². The summed E-state index contributed by atoms with van der Waals surface area (Å²) in [5.41, 5.74) is 1.05. The summed E-state index contributed by atoms with van der Waals surface area (Å²) in [5.74, 6) is -0.453. The second kappa shape index (κ2) is 4.91. The van der Waals surface area contributed by atoms with Crippen molar-refractivity contribution in [2.75, 3.05) is 19.8 Å². The number of carbonyl (C=O) groups excluding carboxylic acids is 1. The topological polar surface area (TPSA) is 77.8 Å². The molecule has 0 aromatic carbocycles. The molecule has 2 atom stereocenters. The summed E-state index contributed by atoms with van der Waals surface area (Å²) < 4.78 is 12.7. The number of esters is 1. The van der Waals surface area contributed by atoms with Crippen LogP contribution in [0.2, 0.25) is 5.15 Å². The number of morpholine rings is 1. The lowest BCUT2D eigenvalue weighted by Gasteiger charge is -2.27. The van der Waals surface area contributed by atoms with E-state index in [1.807, 2.05) is 0 Å². The largest absolute Gasteiger partial charge is 0.462 e. The number of fused-ring (bicyclic) bond motifs is 3. The van der Waals surface area contributed by atoms with Crippen molar-refractivity contribution in [2.24, 2.45) is 0 Å². The highest BCUT2D eigenvalue weighted by Gasteiger charge is 2.49. The minimum absolute atomic E-state index is 0.294. The lowest BCUT2D eigenvalue weighted by molar-refractivity contribution is -0.0143. The van der Waals surface area contributed by atoms with Crippen molar-refractivity contribution in [3.05, 3.63) is 28.7 Å². The first-order valence-electron chi connectivity index (χ1n) is 7.22. The normalized spacial score (nSPS) is 26.7. The highest BCUT2D eigenvalue weighted by Crippen LogP contribution is 2.40. The van der Waals surface area contributed by atoms with Crippen LogP contribution in [0.4, 0.5) is 0 Å². The van der Waals surface area contributed by atoms with E-state index in [1.54, 1.807) is 17.5 Å². The van der Waals surface area contributed by atoms with Gasteiger partial charge in [-0.1, -0.05) is 11.6 Å². The van der Waals surface area contributed by atoms with E-state index in [0.29, 0.717) is 42.2 Å². The summed E-state index contributed by atoms with van der Waals surface area (Å²) >= 11 is 6.17. The van der Waals surface area contributed by atoms with Crippen molar-refractivity contribution in [3.8, 4) is 0 Å². The van der Waals surface area contributed by atoms with Gasteiger partial charge in [-0.15, -0.1) is 0 Å². The Kier molecular flexibility index (Phi) is 3.11. The summed E-state index contributed by atoms with van der Waals surface area (Å²) in [6.45, 7) is 3.41. The minimum atomic E-state index is -0.465. The number of hydrogen-bond donors (Lipinski definition) is 1. The first kappa shape index (κ1) is 13.9. The lowest BCUT2D eigenvalue weighted by atomic mass is 9.98. The van der Waals surface area contributed by atoms with Crippen LogP contribution in [0.3, 0.4) is 0 Å². The fourth-order valence-electron chi connectivity index (χ4n) is 3.22. The SMILES string of the molecule is CCOC(=O)c1cnn2c([C@@]34CN[C@@H](CO3)C4)cc(Cl)nc12. The van der Waals surface area contributed by atoms with E-state index in [9.17, 15) is 4.79 Å². The summed E-state index contributed by atoms with van der Waals surface area (Å²) in [5, 5.41) is 8.02. The third-order valence-corrected chi connectivity index (χ3v) is 4.41. The molecule has 2 aliphatic heterocycles. The Morgan fingerprint density at radius 1 is 1.68 bits per heavy atom. The van der Waals surface area contributed by atoms with E-state index in [4.69, 9.17) is 21.1 Å². The summed E-state index contributed by atoms with van der Waals surface area (Å²) in [4.78, 5) is 16.3. The minimum Gasteiger partial charge on any atom is -0.462 e. The zero-order chi connectivity index (χ0) is 15.3. The second-order valence-corrected chi connectivity index (χ2v) is 5.95. The number of nitrogens with zero attached hydrogens (tertiary/aromatic N) is 3. The van der Waals surface area contributed by atoms with Crippen molar-refractivity contribution < 1.29 is 14.3 Å². The van der Waals surface area contributed by atoms with Gasteiger partial charge in [0.1, 0.15) is 16.3 Å². The molecule has 0 radical (unpaired) electrons. The van der Waals surface area contributed by atoms with Crippen LogP contribution < -0.4 is 5.32 Å². The third kappa shape index (κ3) is 1.93. The monoisotopic (exact) mass is 322 g/mol. The molecule has 2 aromatic rings. The van der Waals surface area contributed by atoms with Gasteiger partial charge in [0.2, 0.25) is 0 Å². The maximum Gasteiger partial charge on any atom is 0.343 e. The zero-order valence-electron chi connectivity index (χ0n) is 12.0. The van der Waals surface area contributed by atoms with Gasteiger partial charge in [-0.25, -0.2) is 14.3 Å². The average Bonchev–Trinajstić information content (AvgIpc) is 3.21. The zero-order valence-corrected chi connectivity index (χ0v) is 12.8. The van der Waals surface area contributed by atoms with Gasteiger partial charge < -0.3 is 14.8 Å². The first-order chi connectivity index (χ1) is 10.6. The van der Waals surface area contributed by atoms with Crippen molar-refractivity contribution >= 4 is 23.2 Å². The third-order valence-electron chi connectivity index (χ3n) is 4.22. The fraction of sp³-hybridized carbons (Fsp3) is 0.500. The smallest absolute Gasteiger partial charge is 0.343 e. The maximum atomic E-state index is 12.0. The average molecular weight is 323 g/mol. The molecular weight excluding hydrogens is 308 g/mol. The molecule has 2 fully saturated rings. The van der Waals surface area contributed by atoms with Crippen LogP contribution >= 0.6 is 11.6 Å². The van der Waals surface area contributed by atoms with Gasteiger partial charge in [0.05, 0.1) is 25.1 Å². The number of halogens is 1. The van der Waals surface area contributed by atoms with Crippen LogP contribution in [0.5, 0.6) is 0 Å². The van der Waals surface area contributed by atoms with Gasteiger partial charge in [0, 0.05) is 25.1 Å². The predicted molar refractivity (Wildman–Crippen MR) is 78.0 cm³/mol. The fourth-order valence-corrected chi connectivity index (χ4v) is 3.40. The summed E-state index contributed by atoms with van der Waals surface area (Å²) in [6.07, 6.45) is 2.32. The molecule has 116 valence electrons. The van der Waals surface area contributed by atoms with E-state index in [0.717, 1.165) is 12.1 Å². The van der Waals surface area contributed by atoms with E-state index >= 15 is 0 Å². The Morgan fingerprint density at radius 3 is 3.18 bits per heavy atom. The molecule has 2 aliphatic rings. The van der Waals surface area contributed by atoms with Gasteiger partial charge in [0.15, 0.2) is 5.65 Å². The number of aromatic nitrogens is 3. The molecule has 22 heavy (non-hydrogen) atoms. The molecule has 2 bridgehead atoms. The van der Waals surface area contributed by atoms with Crippen LogP contribution in [0.1, 0.15) is 29.4 Å². The molecule has 4 rings (SSSR count). The van der Waals surface area contributed by atoms with Gasteiger partial charge in [-0.05, 0) is 6.92 Å². The molecule has 8 heteroatoms.